The molecule has 0 aliphatic carbocycles. The SMILES string of the molecule is COc1cc2sc(C(F)(F)C[C@@H](O)C(=O)O)cc2c(F)c1OC. The number of alkyl halides is 2. The van der Waals surface area contributed by atoms with Crippen molar-refractivity contribution in [2.24, 2.45) is 0 Å². The van der Waals surface area contributed by atoms with Crippen molar-refractivity contribution in [3.05, 3.63) is 22.8 Å². The highest BCUT2D eigenvalue weighted by molar-refractivity contribution is 7.19. The van der Waals surface area contributed by atoms with Crippen molar-refractivity contribution in [3.8, 4) is 11.5 Å². The minimum Gasteiger partial charge on any atom is -0.493 e. The lowest BCUT2D eigenvalue weighted by molar-refractivity contribution is -0.152. The largest absolute Gasteiger partial charge is 0.493 e. The minimum absolute atomic E-state index is 0.0554. The molecule has 0 aliphatic rings. The van der Waals surface area contributed by atoms with Crippen molar-refractivity contribution in [2.75, 3.05) is 14.2 Å². The molecular weight excluding hydrogens is 337 g/mol. The number of aliphatic hydroxyl groups is 1. The first-order chi connectivity index (χ1) is 10.7. The van der Waals surface area contributed by atoms with Crippen LogP contribution in [0.3, 0.4) is 0 Å². The molecule has 23 heavy (non-hydrogen) atoms. The summed E-state index contributed by atoms with van der Waals surface area (Å²) in [5, 5.41) is 17.6. The second-order valence-corrected chi connectivity index (χ2v) is 5.79. The van der Waals surface area contributed by atoms with Crippen LogP contribution in [-0.4, -0.2) is 36.5 Å². The van der Waals surface area contributed by atoms with Gasteiger partial charge in [-0.25, -0.2) is 18.0 Å². The van der Waals surface area contributed by atoms with Crippen molar-refractivity contribution in [1.29, 1.82) is 0 Å². The Bertz CT molecular complexity index is 744. The Kier molecular flexibility index (Phi) is 4.71. The van der Waals surface area contributed by atoms with Crippen LogP contribution in [0.2, 0.25) is 0 Å². The normalized spacial score (nSPS) is 13.1. The van der Waals surface area contributed by atoms with E-state index < -0.39 is 35.1 Å². The molecule has 0 bridgehead atoms. The zero-order chi connectivity index (χ0) is 17.4. The summed E-state index contributed by atoms with van der Waals surface area (Å²) in [6, 6.07) is 2.28. The third-order valence-electron chi connectivity index (χ3n) is 3.20. The number of methoxy groups -OCH3 is 2. The molecule has 2 rings (SSSR count). The molecule has 2 aromatic rings. The molecule has 0 radical (unpaired) electrons. The van der Waals surface area contributed by atoms with Crippen molar-refractivity contribution in [2.45, 2.75) is 18.4 Å². The Hall–Kier alpha value is -2.00. The summed E-state index contributed by atoms with van der Waals surface area (Å²) >= 11 is 0.591. The Morgan fingerprint density at radius 2 is 2.00 bits per heavy atom. The Morgan fingerprint density at radius 3 is 2.52 bits per heavy atom. The first-order valence-corrected chi connectivity index (χ1v) is 7.16. The van der Waals surface area contributed by atoms with Crippen LogP contribution in [0.15, 0.2) is 12.1 Å². The zero-order valence-electron chi connectivity index (χ0n) is 12.1. The van der Waals surface area contributed by atoms with Crippen LogP contribution < -0.4 is 9.47 Å². The van der Waals surface area contributed by atoms with E-state index in [1.807, 2.05) is 0 Å². The van der Waals surface area contributed by atoms with Gasteiger partial charge in [-0.3, -0.25) is 0 Å². The number of carbonyl (C=O) groups is 1. The maximum Gasteiger partial charge on any atom is 0.332 e. The van der Waals surface area contributed by atoms with Gasteiger partial charge >= 0.3 is 5.97 Å². The summed E-state index contributed by atoms with van der Waals surface area (Å²) in [6.07, 6.45) is -3.52. The first kappa shape index (κ1) is 17.4. The number of aliphatic carboxylic acids is 1. The number of fused-ring (bicyclic) bond motifs is 1. The lowest BCUT2D eigenvalue weighted by Crippen LogP contribution is -2.27. The number of rotatable bonds is 6. The number of carboxylic acids is 1. The highest BCUT2D eigenvalue weighted by atomic mass is 32.1. The molecule has 0 saturated heterocycles. The number of hydrogen-bond donors (Lipinski definition) is 2. The van der Waals surface area contributed by atoms with Crippen LogP contribution >= 0.6 is 11.3 Å². The standard InChI is InChI=1S/C14H13F3O5S/c1-21-8-4-9-6(11(15)12(8)22-2)3-10(23-9)14(16,17)5-7(18)13(19)20/h3-4,7,18H,5H2,1-2H3,(H,19,20)/t7-/m1/s1. The van der Waals surface area contributed by atoms with E-state index in [2.05, 4.69) is 0 Å². The highest BCUT2D eigenvalue weighted by Crippen LogP contribution is 2.44. The lowest BCUT2D eigenvalue weighted by atomic mass is 10.1. The van der Waals surface area contributed by atoms with E-state index in [4.69, 9.17) is 19.7 Å². The van der Waals surface area contributed by atoms with Crippen LogP contribution in [0.4, 0.5) is 13.2 Å². The molecule has 2 N–H and O–H groups in total. The van der Waals surface area contributed by atoms with E-state index in [0.717, 1.165) is 6.07 Å². The van der Waals surface area contributed by atoms with E-state index in [1.54, 1.807) is 0 Å². The Morgan fingerprint density at radius 1 is 1.35 bits per heavy atom. The Labute approximate surface area is 132 Å². The lowest BCUT2D eigenvalue weighted by Gasteiger charge is -2.16. The monoisotopic (exact) mass is 350 g/mol. The van der Waals surface area contributed by atoms with Crippen molar-refractivity contribution in [3.63, 3.8) is 0 Å². The number of ether oxygens (including phenoxy) is 2. The molecule has 0 spiro atoms. The van der Waals surface area contributed by atoms with E-state index in [0.29, 0.717) is 11.3 Å². The summed E-state index contributed by atoms with van der Waals surface area (Å²) in [7, 11) is 2.51. The minimum atomic E-state index is -3.62. The van der Waals surface area contributed by atoms with E-state index in [-0.39, 0.29) is 21.6 Å². The summed E-state index contributed by atoms with van der Waals surface area (Å²) in [4.78, 5) is 9.97. The fourth-order valence-electron chi connectivity index (χ4n) is 2.05. The average molecular weight is 350 g/mol. The van der Waals surface area contributed by atoms with E-state index in [9.17, 15) is 18.0 Å². The third-order valence-corrected chi connectivity index (χ3v) is 4.40. The molecular formula is C14H13F3O5S. The molecule has 1 heterocycles. The molecule has 1 aromatic heterocycles. The summed E-state index contributed by atoms with van der Waals surface area (Å²) in [6.45, 7) is 0. The number of thiophene rings is 1. The summed E-state index contributed by atoms with van der Waals surface area (Å²) in [5.41, 5.74) is 0. The van der Waals surface area contributed by atoms with Gasteiger partial charge in [-0.1, -0.05) is 0 Å². The fraction of sp³-hybridized carbons (Fsp3) is 0.357. The maximum atomic E-state index is 14.3. The zero-order valence-corrected chi connectivity index (χ0v) is 12.9. The van der Waals surface area contributed by atoms with Gasteiger partial charge in [0.2, 0.25) is 0 Å². The molecule has 0 unspecified atom stereocenters. The fourth-order valence-corrected chi connectivity index (χ4v) is 3.12. The number of carboxylic acid groups (broad SMARTS) is 1. The van der Waals surface area contributed by atoms with Gasteiger partial charge in [-0.2, -0.15) is 0 Å². The topological polar surface area (TPSA) is 76.0 Å². The van der Waals surface area contributed by atoms with E-state index in [1.165, 1.54) is 20.3 Å². The molecule has 0 saturated carbocycles. The highest BCUT2D eigenvalue weighted by Gasteiger charge is 2.39. The maximum absolute atomic E-state index is 14.3. The van der Waals surface area contributed by atoms with Gasteiger partial charge in [0.25, 0.3) is 5.92 Å². The molecule has 126 valence electrons. The quantitative estimate of drug-likeness (QED) is 0.838. The number of aliphatic hydroxyl groups excluding tert-OH is 1. The van der Waals surface area contributed by atoms with Gasteiger partial charge < -0.3 is 19.7 Å². The second-order valence-electron chi connectivity index (χ2n) is 4.71. The predicted molar refractivity (Wildman–Crippen MR) is 77.0 cm³/mol. The van der Waals surface area contributed by atoms with Crippen LogP contribution in [0.1, 0.15) is 11.3 Å². The van der Waals surface area contributed by atoms with Crippen LogP contribution in [0.5, 0.6) is 11.5 Å². The second kappa shape index (κ2) is 6.25. The summed E-state index contributed by atoms with van der Waals surface area (Å²) in [5.74, 6) is -6.37. The molecule has 5 nitrogen and oxygen atoms in total. The summed E-state index contributed by atoms with van der Waals surface area (Å²) < 4.78 is 52.5. The van der Waals surface area contributed by atoms with Crippen molar-refractivity contribution < 1.29 is 37.7 Å². The van der Waals surface area contributed by atoms with Gasteiger partial charge in [0, 0.05) is 16.2 Å². The molecule has 1 aromatic carbocycles. The average Bonchev–Trinajstić information content (AvgIpc) is 2.91. The van der Waals surface area contributed by atoms with Crippen molar-refractivity contribution >= 4 is 27.4 Å². The van der Waals surface area contributed by atoms with Crippen LogP contribution in [0.25, 0.3) is 10.1 Å². The van der Waals surface area contributed by atoms with Gasteiger partial charge in [-0.05, 0) is 6.07 Å². The first-order valence-electron chi connectivity index (χ1n) is 6.34. The van der Waals surface area contributed by atoms with Crippen LogP contribution in [-0.2, 0) is 10.7 Å². The number of halogens is 3. The van der Waals surface area contributed by atoms with E-state index >= 15 is 0 Å². The third kappa shape index (κ3) is 3.20. The van der Waals surface area contributed by atoms with Gasteiger partial charge in [0.15, 0.2) is 23.4 Å². The van der Waals surface area contributed by atoms with Crippen molar-refractivity contribution in [1.82, 2.24) is 0 Å². The molecule has 1 atom stereocenters. The van der Waals surface area contributed by atoms with Crippen LogP contribution in [0, 0.1) is 5.82 Å². The molecule has 0 aliphatic heterocycles. The molecule has 0 amide bonds. The predicted octanol–water partition coefficient (Wildman–Crippen LogP) is 2.99. The number of benzene rings is 1. The van der Waals surface area contributed by atoms with Gasteiger partial charge in [-0.15, -0.1) is 11.3 Å². The van der Waals surface area contributed by atoms with Gasteiger partial charge in [0.05, 0.1) is 25.5 Å². The Balaban J connectivity index is 2.51. The number of hydrogen-bond acceptors (Lipinski definition) is 5. The molecule has 9 heteroatoms. The molecule has 0 fully saturated rings. The smallest absolute Gasteiger partial charge is 0.332 e. The van der Waals surface area contributed by atoms with Gasteiger partial charge in [0.1, 0.15) is 0 Å².